The lowest BCUT2D eigenvalue weighted by molar-refractivity contribution is 0.155. The predicted molar refractivity (Wildman–Crippen MR) is 121 cm³/mol. The van der Waals surface area contributed by atoms with Crippen molar-refractivity contribution in [1.29, 1.82) is 0 Å². The van der Waals surface area contributed by atoms with E-state index in [-0.39, 0.29) is 0 Å². The number of rotatable bonds is 4. The van der Waals surface area contributed by atoms with Crippen molar-refractivity contribution in [3.8, 4) is 0 Å². The molecule has 0 N–H and O–H groups in total. The fraction of sp³-hybridized carbons (Fsp3) is 0.636. The lowest BCUT2D eigenvalue weighted by Crippen LogP contribution is -2.48. The molecule has 0 amide bonds. The number of allylic oxidation sites excluding steroid dienone is 4. The maximum atomic E-state index is 4.86. The Morgan fingerprint density at radius 1 is 1.03 bits per heavy atom. The lowest BCUT2D eigenvalue weighted by atomic mass is 9.96. The minimum absolute atomic E-state index is 0.882. The number of anilines is 1. The summed E-state index contributed by atoms with van der Waals surface area (Å²) in [7, 11) is 2.24. The van der Waals surface area contributed by atoms with Crippen LogP contribution in [0.5, 0.6) is 0 Å². The van der Waals surface area contributed by atoms with Gasteiger partial charge in [0.05, 0.1) is 11.9 Å². The second kappa shape index (κ2) is 8.20. The zero-order valence-corrected chi connectivity index (χ0v) is 18.5. The van der Waals surface area contributed by atoms with Crippen LogP contribution in [0.2, 0.25) is 0 Å². The molecule has 0 unspecified atom stereocenters. The molecule has 2 aliphatic heterocycles. The van der Waals surface area contributed by atoms with Crippen molar-refractivity contribution in [3.63, 3.8) is 0 Å². The molecule has 1 aliphatic carbocycles. The topological polar surface area (TPSA) is 39.9 Å². The molecular formula is C22H32N6S. The molecule has 2 saturated heterocycles. The summed E-state index contributed by atoms with van der Waals surface area (Å²) in [5.41, 5.74) is 3.87. The average Bonchev–Trinajstić information content (AvgIpc) is 3.30. The van der Waals surface area contributed by atoms with Gasteiger partial charge < -0.3 is 9.80 Å². The van der Waals surface area contributed by atoms with Gasteiger partial charge in [-0.3, -0.25) is 4.90 Å². The molecule has 0 spiro atoms. The molecule has 2 fully saturated rings. The van der Waals surface area contributed by atoms with Crippen molar-refractivity contribution < 1.29 is 0 Å². The fourth-order valence-electron chi connectivity index (χ4n) is 4.66. The Labute approximate surface area is 177 Å². The van der Waals surface area contributed by atoms with E-state index >= 15 is 0 Å². The molecule has 0 aromatic carbocycles. The second-order valence-electron chi connectivity index (χ2n) is 8.98. The third-order valence-electron chi connectivity index (χ3n) is 6.72. The average molecular weight is 413 g/mol. The third kappa shape index (κ3) is 4.27. The lowest BCUT2D eigenvalue weighted by Gasteiger charge is -2.38. The Morgan fingerprint density at radius 2 is 1.83 bits per heavy atom. The van der Waals surface area contributed by atoms with Gasteiger partial charge in [-0.25, -0.2) is 9.50 Å². The first-order valence-corrected chi connectivity index (χ1v) is 11.8. The van der Waals surface area contributed by atoms with Gasteiger partial charge in [0, 0.05) is 32.7 Å². The Hall–Kier alpha value is -1.70. The standard InChI is InChI=1S/C22H32N6S/c1-17-3-5-19(6-4-17)20-16-28-21(23-20)29-22(24-28)27-13-11-26(12-14-27)15-18-7-9-25(2)10-8-18/h3,5,16,18H,4,6-15H2,1-2H3. The van der Waals surface area contributed by atoms with E-state index in [1.54, 1.807) is 11.3 Å². The smallest absolute Gasteiger partial charge is 0.214 e. The number of likely N-dealkylation sites (tertiary alicyclic amines) is 1. The van der Waals surface area contributed by atoms with E-state index in [9.17, 15) is 0 Å². The zero-order chi connectivity index (χ0) is 19.8. The van der Waals surface area contributed by atoms with Crippen molar-refractivity contribution >= 4 is 27.0 Å². The molecule has 2 aromatic rings. The van der Waals surface area contributed by atoms with Gasteiger partial charge in [-0.2, -0.15) is 0 Å². The molecule has 3 aliphatic rings. The molecule has 156 valence electrons. The number of fused-ring (bicyclic) bond motifs is 1. The third-order valence-corrected chi connectivity index (χ3v) is 7.70. The summed E-state index contributed by atoms with van der Waals surface area (Å²) in [5.74, 6) is 0.882. The van der Waals surface area contributed by atoms with E-state index in [0.717, 1.165) is 60.7 Å². The zero-order valence-electron chi connectivity index (χ0n) is 17.7. The highest BCUT2D eigenvalue weighted by Gasteiger charge is 2.24. The van der Waals surface area contributed by atoms with E-state index in [2.05, 4.69) is 47.0 Å². The highest BCUT2D eigenvalue weighted by molar-refractivity contribution is 7.20. The Bertz CT molecular complexity index is 878. The van der Waals surface area contributed by atoms with Crippen LogP contribution in [0.3, 0.4) is 0 Å². The molecule has 0 radical (unpaired) electrons. The molecular weight excluding hydrogens is 380 g/mol. The van der Waals surface area contributed by atoms with Crippen LogP contribution in [0.4, 0.5) is 5.13 Å². The first kappa shape index (κ1) is 19.3. The van der Waals surface area contributed by atoms with Crippen LogP contribution in [0, 0.1) is 5.92 Å². The van der Waals surface area contributed by atoms with E-state index in [1.807, 2.05) is 4.52 Å². The summed E-state index contributed by atoms with van der Waals surface area (Å²) in [6.45, 7) is 10.4. The van der Waals surface area contributed by atoms with Gasteiger partial charge in [0.2, 0.25) is 10.1 Å². The molecule has 7 heteroatoms. The van der Waals surface area contributed by atoms with Gasteiger partial charge in [0.15, 0.2) is 0 Å². The maximum absolute atomic E-state index is 4.86. The normalized spacial score (nSPS) is 22.9. The van der Waals surface area contributed by atoms with Crippen molar-refractivity contribution in [1.82, 2.24) is 24.4 Å². The number of piperidine rings is 1. The van der Waals surface area contributed by atoms with Gasteiger partial charge in [0.25, 0.3) is 0 Å². The van der Waals surface area contributed by atoms with Crippen LogP contribution in [0.1, 0.15) is 38.3 Å². The fourth-order valence-corrected chi connectivity index (χ4v) is 5.59. The van der Waals surface area contributed by atoms with Gasteiger partial charge in [0.1, 0.15) is 0 Å². The number of hydrogen-bond donors (Lipinski definition) is 0. The van der Waals surface area contributed by atoms with Crippen molar-refractivity contribution in [2.75, 3.05) is 57.8 Å². The van der Waals surface area contributed by atoms with E-state index in [4.69, 9.17) is 10.1 Å². The van der Waals surface area contributed by atoms with E-state index in [1.165, 1.54) is 43.6 Å². The van der Waals surface area contributed by atoms with Gasteiger partial charge in [-0.1, -0.05) is 29.1 Å². The van der Waals surface area contributed by atoms with E-state index in [0.29, 0.717) is 0 Å². The monoisotopic (exact) mass is 412 g/mol. The molecule has 0 atom stereocenters. The number of aromatic nitrogens is 3. The second-order valence-corrected chi connectivity index (χ2v) is 9.91. The number of nitrogens with zero attached hydrogens (tertiary/aromatic N) is 6. The first-order valence-electron chi connectivity index (χ1n) is 11.0. The Balaban J connectivity index is 1.18. The highest BCUT2D eigenvalue weighted by Crippen LogP contribution is 2.30. The quantitative estimate of drug-likeness (QED) is 0.770. The molecule has 6 nitrogen and oxygen atoms in total. The molecule has 5 rings (SSSR count). The molecule has 29 heavy (non-hydrogen) atoms. The van der Waals surface area contributed by atoms with Crippen LogP contribution in [-0.2, 0) is 0 Å². The van der Waals surface area contributed by atoms with Gasteiger partial charge >= 0.3 is 0 Å². The number of imidazole rings is 1. The number of hydrogen-bond acceptors (Lipinski definition) is 6. The molecule has 2 aromatic heterocycles. The van der Waals surface area contributed by atoms with Crippen LogP contribution >= 0.6 is 11.3 Å². The largest absolute Gasteiger partial charge is 0.344 e. The van der Waals surface area contributed by atoms with Gasteiger partial charge in [-0.15, -0.1) is 5.10 Å². The first-order chi connectivity index (χ1) is 14.1. The molecule has 0 saturated carbocycles. The van der Waals surface area contributed by atoms with Crippen LogP contribution in [0.15, 0.2) is 23.9 Å². The Morgan fingerprint density at radius 3 is 2.52 bits per heavy atom. The summed E-state index contributed by atoms with van der Waals surface area (Å²) < 4.78 is 1.98. The van der Waals surface area contributed by atoms with E-state index < -0.39 is 0 Å². The summed E-state index contributed by atoms with van der Waals surface area (Å²) in [5, 5.41) is 5.96. The summed E-state index contributed by atoms with van der Waals surface area (Å²) >= 11 is 1.73. The summed E-state index contributed by atoms with van der Waals surface area (Å²) in [6, 6.07) is 0. The van der Waals surface area contributed by atoms with Crippen molar-refractivity contribution in [2.24, 2.45) is 5.92 Å². The molecule has 4 heterocycles. The summed E-state index contributed by atoms with van der Waals surface area (Å²) in [6.07, 6.45) is 11.5. The minimum Gasteiger partial charge on any atom is -0.344 e. The van der Waals surface area contributed by atoms with Gasteiger partial charge in [-0.05, 0) is 64.2 Å². The van der Waals surface area contributed by atoms with Crippen molar-refractivity contribution in [3.05, 3.63) is 29.6 Å². The highest BCUT2D eigenvalue weighted by atomic mass is 32.1. The minimum atomic E-state index is 0.882. The summed E-state index contributed by atoms with van der Waals surface area (Å²) in [4.78, 5) is 13.4. The maximum Gasteiger partial charge on any atom is 0.214 e. The van der Waals surface area contributed by atoms with Crippen LogP contribution in [0.25, 0.3) is 10.5 Å². The molecule has 0 bridgehead atoms. The van der Waals surface area contributed by atoms with Crippen LogP contribution < -0.4 is 4.90 Å². The number of piperazine rings is 1. The predicted octanol–water partition coefficient (Wildman–Crippen LogP) is 3.38. The van der Waals surface area contributed by atoms with Crippen molar-refractivity contribution in [2.45, 2.75) is 32.6 Å². The SMILES string of the molecule is CC1=CC=C(c2cn3nc(N4CCN(CC5CCN(C)CC5)CC4)sc3n2)CC1. The van der Waals surface area contributed by atoms with Crippen LogP contribution in [-0.4, -0.2) is 77.3 Å². The Kier molecular flexibility index (Phi) is 5.45.